The van der Waals surface area contributed by atoms with Crippen LogP contribution in [0.15, 0.2) is 24.4 Å². The number of hydrogen-bond donors (Lipinski definition) is 0. The predicted octanol–water partition coefficient (Wildman–Crippen LogP) is 4.83. The Balaban J connectivity index is 4.58. The molecule has 0 heterocycles. The van der Waals surface area contributed by atoms with Crippen molar-refractivity contribution in [2.75, 3.05) is 0 Å². The molecule has 0 aliphatic heterocycles. The molecule has 0 spiro atoms. The molecule has 0 fully saturated rings. The third-order valence-electron chi connectivity index (χ3n) is 2.38. The molecule has 0 aliphatic rings. The number of rotatable bonds is 6. The quantitative estimate of drug-likeness (QED) is 0.485. The SMILES string of the molecule is CCC/C=C/C=C/N([Si](C)(C)C)[Si](C)(C)C. The van der Waals surface area contributed by atoms with Crippen LogP contribution in [0.25, 0.3) is 0 Å². The fourth-order valence-electron chi connectivity index (χ4n) is 1.93. The lowest BCUT2D eigenvalue weighted by Crippen LogP contribution is -2.55. The van der Waals surface area contributed by atoms with Gasteiger partial charge in [-0.05, 0) is 18.7 Å². The molecule has 0 amide bonds. The standard InChI is InChI=1S/C13H29NSi2/c1-8-9-10-11-12-13-14(15(2,3)4)16(5,6)7/h10-13H,8-9H2,1-7H3/b11-10+,13-12+. The predicted molar refractivity (Wildman–Crippen MR) is 81.7 cm³/mol. The Hall–Kier alpha value is -0.286. The Morgan fingerprint density at radius 1 is 0.875 bits per heavy atom. The summed E-state index contributed by atoms with van der Waals surface area (Å²) in [4.78, 5) is 0. The first-order valence-corrected chi connectivity index (χ1v) is 13.2. The minimum atomic E-state index is -1.22. The van der Waals surface area contributed by atoms with E-state index in [-0.39, 0.29) is 0 Å². The van der Waals surface area contributed by atoms with Crippen molar-refractivity contribution in [1.82, 2.24) is 4.23 Å². The fraction of sp³-hybridized carbons (Fsp3) is 0.692. The van der Waals surface area contributed by atoms with Crippen molar-refractivity contribution < 1.29 is 0 Å². The Bertz CT molecular complexity index is 230. The molecule has 1 nitrogen and oxygen atoms in total. The van der Waals surface area contributed by atoms with Gasteiger partial charge in [0.15, 0.2) is 0 Å². The molecule has 0 rings (SSSR count). The van der Waals surface area contributed by atoms with E-state index in [2.05, 4.69) is 74.9 Å². The van der Waals surface area contributed by atoms with Gasteiger partial charge in [-0.25, -0.2) is 0 Å². The van der Waals surface area contributed by atoms with Gasteiger partial charge in [-0.15, -0.1) is 0 Å². The smallest absolute Gasteiger partial charge is 0.138 e. The zero-order chi connectivity index (χ0) is 12.8. The molecular formula is C13H29NSi2. The van der Waals surface area contributed by atoms with Crippen LogP contribution in [0.3, 0.4) is 0 Å². The van der Waals surface area contributed by atoms with Gasteiger partial charge in [0, 0.05) is 0 Å². The third kappa shape index (κ3) is 6.33. The maximum atomic E-state index is 2.68. The van der Waals surface area contributed by atoms with E-state index in [9.17, 15) is 0 Å². The van der Waals surface area contributed by atoms with Gasteiger partial charge in [0.2, 0.25) is 0 Å². The summed E-state index contributed by atoms with van der Waals surface area (Å²) in [5.74, 6) is 0. The fourth-order valence-corrected chi connectivity index (χ4v) is 11.0. The summed E-state index contributed by atoms with van der Waals surface area (Å²) < 4.78 is 2.68. The molecule has 0 aromatic rings. The molecule has 0 atom stereocenters. The molecule has 0 aromatic carbocycles. The van der Waals surface area contributed by atoms with E-state index in [0.29, 0.717) is 0 Å². The van der Waals surface area contributed by atoms with Crippen molar-refractivity contribution in [3.63, 3.8) is 0 Å². The first kappa shape index (κ1) is 15.7. The molecule has 0 saturated heterocycles. The zero-order valence-corrected chi connectivity index (χ0v) is 14.2. The summed E-state index contributed by atoms with van der Waals surface area (Å²) >= 11 is 0. The van der Waals surface area contributed by atoms with Crippen LogP contribution in [-0.4, -0.2) is 20.7 Å². The molecule has 0 aromatic heterocycles. The molecular weight excluding hydrogens is 226 g/mol. The largest absolute Gasteiger partial charge is 0.431 e. The van der Waals surface area contributed by atoms with Crippen LogP contribution < -0.4 is 0 Å². The first-order valence-electron chi connectivity index (χ1n) is 6.32. The van der Waals surface area contributed by atoms with Crippen molar-refractivity contribution in [3.05, 3.63) is 24.4 Å². The molecule has 3 heteroatoms. The Labute approximate surface area is 104 Å². The van der Waals surface area contributed by atoms with Crippen LogP contribution in [0, 0.1) is 0 Å². The summed E-state index contributed by atoms with van der Waals surface area (Å²) in [5.41, 5.74) is 0. The maximum absolute atomic E-state index is 2.68. The van der Waals surface area contributed by atoms with Crippen molar-refractivity contribution in [2.45, 2.75) is 59.0 Å². The molecule has 0 unspecified atom stereocenters. The van der Waals surface area contributed by atoms with Gasteiger partial charge in [0.25, 0.3) is 0 Å². The van der Waals surface area contributed by atoms with E-state index < -0.39 is 16.5 Å². The molecule has 0 bridgehead atoms. The zero-order valence-electron chi connectivity index (χ0n) is 12.2. The molecule has 0 N–H and O–H groups in total. The number of hydrogen-bond acceptors (Lipinski definition) is 1. The topological polar surface area (TPSA) is 3.24 Å². The summed E-state index contributed by atoms with van der Waals surface area (Å²) in [7, 11) is -2.43. The molecule has 0 aliphatic carbocycles. The van der Waals surface area contributed by atoms with Gasteiger partial charge in [0.1, 0.15) is 16.5 Å². The van der Waals surface area contributed by atoms with Gasteiger partial charge >= 0.3 is 0 Å². The maximum Gasteiger partial charge on any atom is 0.138 e. The second kappa shape index (κ2) is 6.45. The van der Waals surface area contributed by atoms with Crippen molar-refractivity contribution in [1.29, 1.82) is 0 Å². The van der Waals surface area contributed by atoms with E-state index in [1.807, 2.05) is 0 Å². The third-order valence-corrected chi connectivity index (χ3v) is 9.60. The van der Waals surface area contributed by atoms with Crippen molar-refractivity contribution in [2.24, 2.45) is 0 Å². The lowest BCUT2D eigenvalue weighted by molar-refractivity contribution is 0.831. The molecule has 0 radical (unpaired) electrons. The van der Waals surface area contributed by atoms with Crippen LogP contribution in [0.1, 0.15) is 19.8 Å². The summed E-state index contributed by atoms with van der Waals surface area (Å²) in [6.45, 7) is 16.7. The van der Waals surface area contributed by atoms with Crippen LogP contribution >= 0.6 is 0 Å². The van der Waals surface area contributed by atoms with Crippen LogP contribution in [-0.2, 0) is 0 Å². The van der Waals surface area contributed by atoms with E-state index in [1.54, 1.807) is 0 Å². The average molecular weight is 256 g/mol. The highest BCUT2D eigenvalue weighted by Gasteiger charge is 2.31. The highest BCUT2D eigenvalue weighted by molar-refractivity contribution is 6.89. The van der Waals surface area contributed by atoms with Gasteiger partial charge in [-0.1, -0.05) is 64.8 Å². The lowest BCUT2D eigenvalue weighted by Gasteiger charge is -2.43. The van der Waals surface area contributed by atoms with Gasteiger partial charge < -0.3 is 4.23 Å². The minimum Gasteiger partial charge on any atom is -0.431 e. The van der Waals surface area contributed by atoms with E-state index in [1.165, 1.54) is 12.8 Å². The second-order valence-electron chi connectivity index (χ2n) is 6.27. The second-order valence-corrected chi connectivity index (χ2v) is 16.4. The van der Waals surface area contributed by atoms with Gasteiger partial charge in [-0.3, -0.25) is 0 Å². The van der Waals surface area contributed by atoms with Crippen molar-refractivity contribution in [3.8, 4) is 0 Å². The molecule has 16 heavy (non-hydrogen) atoms. The molecule has 0 saturated carbocycles. The highest BCUT2D eigenvalue weighted by Crippen LogP contribution is 2.19. The first-order chi connectivity index (χ1) is 7.19. The van der Waals surface area contributed by atoms with Crippen LogP contribution in [0.4, 0.5) is 0 Å². The summed E-state index contributed by atoms with van der Waals surface area (Å²) in [6.07, 6.45) is 11.4. The summed E-state index contributed by atoms with van der Waals surface area (Å²) in [5, 5.41) is 0. The van der Waals surface area contributed by atoms with E-state index in [4.69, 9.17) is 0 Å². The summed E-state index contributed by atoms with van der Waals surface area (Å²) in [6, 6.07) is 0. The van der Waals surface area contributed by atoms with E-state index >= 15 is 0 Å². The van der Waals surface area contributed by atoms with Crippen LogP contribution in [0.5, 0.6) is 0 Å². The lowest BCUT2D eigenvalue weighted by atomic mass is 10.3. The average Bonchev–Trinajstić information content (AvgIpc) is 2.06. The van der Waals surface area contributed by atoms with Gasteiger partial charge in [-0.2, -0.15) is 0 Å². The number of allylic oxidation sites excluding steroid dienone is 3. The van der Waals surface area contributed by atoms with E-state index in [0.717, 1.165) is 0 Å². The monoisotopic (exact) mass is 255 g/mol. The Morgan fingerprint density at radius 3 is 1.75 bits per heavy atom. The Kier molecular flexibility index (Phi) is 6.33. The number of nitrogens with zero attached hydrogens (tertiary/aromatic N) is 1. The van der Waals surface area contributed by atoms with Gasteiger partial charge in [0.05, 0.1) is 0 Å². The molecule has 94 valence electrons. The van der Waals surface area contributed by atoms with Crippen LogP contribution in [0.2, 0.25) is 39.3 Å². The highest BCUT2D eigenvalue weighted by atomic mass is 28.4. The number of unbranched alkanes of at least 4 members (excludes halogenated alkanes) is 1. The minimum absolute atomic E-state index is 1.18. The normalized spacial score (nSPS) is 13.9. The Morgan fingerprint density at radius 2 is 1.38 bits per heavy atom. The van der Waals surface area contributed by atoms with Crippen molar-refractivity contribution >= 4 is 16.5 Å².